The van der Waals surface area contributed by atoms with E-state index in [2.05, 4.69) is 24.1 Å². The Labute approximate surface area is 105 Å². The van der Waals surface area contributed by atoms with Crippen molar-refractivity contribution in [1.29, 1.82) is 0 Å². The van der Waals surface area contributed by atoms with E-state index in [1.54, 1.807) is 0 Å². The first-order chi connectivity index (χ1) is 5.72. The zero-order valence-corrected chi connectivity index (χ0v) is 11.2. The largest absolute Gasteiger partial charge is 0.309 e. The summed E-state index contributed by atoms with van der Waals surface area (Å²) in [6.45, 7) is 7.97. The molecule has 1 heterocycles. The molecule has 1 rings (SSSR count). The van der Waals surface area contributed by atoms with Crippen LogP contribution in [-0.4, -0.2) is 42.5 Å². The van der Waals surface area contributed by atoms with E-state index in [-0.39, 0.29) is 24.8 Å². The van der Waals surface area contributed by atoms with E-state index in [4.69, 9.17) is 11.6 Å². The lowest BCUT2D eigenvalue weighted by atomic mass is 10.1. The van der Waals surface area contributed by atoms with E-state index in [1.807, 2.05) is 0 Å². The first-order valence-electron chi connectivity index (χ1n) is 4.76. The van der Waals surface area contributed by atoms with Gasteiger partial charge in [0.05, 0.1) is 0 Å². The quantitative estimate of drug-likeness (QED) is 0.785. The van der Waals surface area contributed by atoms with Gasteiger partial charge < -0.3 is 10.2 Å². The molecule has 0 unspecified atom stereocenters. The zero-order valence-electron chi connectivity index (χ0n) is 8.83. The summed E-state index contributed by atoms with van der Waals surface area (Å²) >= 11 is 5.65. The fourth-order valence-electron chi connectivity index (χ4n) is 1.91. The molecule has 14 heavy (non-hydrogen) atoms. The average molecular weight is 264 g/mol. The van der Waals surface area contributed by atoms with Crippen LogP contribution in [0.1, 0.15) is 20.3 Å². The van der Waals surface area contributed by atoms with Crippen molar-refractivity contribution in [3.05, 3.63) is 0 Å². The molecule has 0 spiro atoms. The Bertz CT molecular complexity index is 125. The highest BCUT2D eigenvalue weighted by Gasteiger charge is 2.19. The molecular weight excluding hydrogens is 242 g/mol. The molecule has 0 amide bonds. The third-order valence-corrected chi connectivity index (χ3v) is 2.51. The van der Waals surface area contributed by atoms with Crippen LogP contribution in [0.4, 0.5) is 0 Å². The van der Waals surface area contributed by atoms with Crippen molar-refractivity contribution in [1.82, 2.24) is 10.2 Å². The van der Waals surface area contributed by atoms with Gasteiger partial charge in [-0.15, -0.1) is 36.4 Å². The molecular formula is C9H21Cl3N2. The summed E-state index contributed by atoms with van der Waals surface area (Å²) < 4.78 is 0. The van der Waals surface area contributed by atoms with Gasteiger partial charge in [-0.3, -0.25) is 0 Å². The SMILES string of the molecule is C[C@@H]1CN(CCCCl)C[C@H](C)N1.Cl.Cl. The molecule has 1 N–H and O–H groups in total. The molecule has 0 aliphatic carbocycles. The predicted octanol–water partition coefficient (Wildman–Crippen LogP) is 2.14. The van der Waals surface area contributed by atoms with Crippen LogP contribution in [0, 0.1) is 0 Å². The van der Waals surface area contributed by atoms with Crippen LogP contribution in [0.2, 0.25) is 0 Å². The second kappa shape index (κ2) is 9.05. The maximum Gasteiger partial charge on any atom is 0.0235 e. The average Bonchev–Trinajstić information content (AvgIpc) is 1.99. The number of nitrogens with zero attached hydrogens (tertiary/aromatic N) is 1. The Morgan fingerprint density at radius 3 is 2.14 bits per heavy atom. The third kappa shape index (κ3) is 6.31. The van der Waals surface area contributed by atoms with Crippen molar-refractivity contribution in [2.45, 2.75) is 32.4 Å². The number of rotatable bonds is 3. The van der Waals surface area contributed by atoms with E-state index in [1.165, 1.54) is 13.1 Å². The van der Waals surface area contributed by atoms with Crippen LogP contribution in [0.5, 0.6) is 0 Å². The zero-order chi connectivity index (χ0) is 8.97. The maximum atomic E-state index is 5.65. The van der Waals surface area contributed by atoms with Crippen molar-refractivity contribution in [2.24, 2.45) is 0 Å². The van der Waals surface area contributed by atoms with Gasteiger partial charge in [0, 0.05) is 31.1 Å². The van der Waals surface area contributed by atoms with Crippen LogP contribution in [0.15, 0.2) is 0 Å². The molecule has 1 aliphatic heterocycles. The molecule has 0 aromatic rings. The smallest absolute Gasteiger partial charge is 0.0235 e. The first kappa shape index (κ1) is 17.2. The van der Waals surface area contributed by atoms with Crippen molar-refractivity contribution >= 4 is 36.4 Å². The van der Waals surface area contributed by atoms with Gasteiger partial charge in [0.25, 0.3) is 0 Å². The van der Waals surface area contributed by atoms with Crippen molar-refractivity contribution in [3.8, 4) is 0 Å². The highest BCUT2D eigenvalue weighted by molar-refractivity contribution is 6.17. The number of piperazine rings is 1. The van der Waals surface area contributed by atoms with Gasteiger partial charge in [0.1, 0.15) is 0 Å². The minimum absolute atomic E-state index is 0. The van der Waals surface area contributed by atoms with Crippen LogP contribution >= 0.6 is 36.4 Å². The molecule has 2 nitrogen and oxygen atoms in total. The summed E-state index contributed by atoms with van der Waals surface area (Å²) in [5.74, 6) is 0.784. The predicted molar refractivity (Wildman–Crippen MR) is 68.3 cm³/mol. The minimum Gasteiger partial charge on any atom is -0.309 e. The van der Waals surface area contributed by atoms with Crippen molar-refractivity contribution in [3.63, 3.8) is 0 Å². The molecule has 5 heteroatoms. The Kier molecular flexibility index (Phi) is 11.1. The van der Waals surface area contributed by atoms with Gasteiger partial charge in [-0.05, 0) is 26.8 Å². The lowest BCUT2D eigenvalue weighted by Gasteiger charge is -2.36. The topological polar surface area (TPSA) is 15.3 Å². The Morgan fingerprint density at radius 2 is 1.71 bits per heavy atom. The molecule has 2 atom stereocenters. The molecule has 0 saturated carbocycles. The monoisotopic (exact) mass is 262 g/mol. The standard InChI is InChI=1S/C9H19ClN2.2ClH/c1-8-6-12(5-3-4-10)7-9(2)11-8;;/h8-9,11H,3-7H2,1-2H3;2*1H/t8-,9+;;. The van der Waals surface area contributed by atoms with Gasteiger partial charge in [-0.25, -0.2) is 0 Å². The second-order valence-electron chi connectivity index (χ2n) is 3.77. The molecule has 1 aliphatic rings. The molecule has 1 saturated heterocycles. The number of hydrogen-bond acceptors (Lipinski definition) is 2. The van der Waals surface area contributed by atoms with Crippen LogP contribution < -0.4 is 5.32 Å². The Hall–Kier alpha value is 0.790. The van der Waals surface area contributed by atoms with Crippen LogP contribution in [0.3, 0.4) is 0 Å². The summed E-state index contributed by atoms with van der Waals surface area (Å²) in [4.78, 5) is 2.49. The lowest BCUT2D eigenvalue weighted by Crippen LogP contribution is -2.54. The summed E-state index contributed by atoms with van der Waals surface area (Å²) in [7, 11) is 0. The molecule has 0 aromatic heterocycles. The Morgan fingerprint density at radius 1 is 1.21 bits per heavy atom. The number of halogens is 3. The van der Waals surface area contributed by atoms with Crippen molar-refractivity contribution < 1.29 is 0 Å². The van der Waals surface area contributed by atoms with Crippen molar-refractivity contribution in [2.75, 3.05) is 25.5 Å². The van der Waals surface area contributed by atoms with E-state index >= 15 is 0 Å². The normalized spacial score (nSPS) is 27.6. The van der Waals surface area contributed by atoms with Gasteiger partial charge in [-0.2, -0.15) is 0 Å². The summed E-state index contributed by atoms with van der Waals surface area (Å²) in [5.41, 5.74) is 0. The highest BCUT2D eigenvalue weighted by atomic mass is 35.5. The molecule has 88 valence electrons. The molecule has 1 fully saturated rings. The molecule has 0 aromatic carbocycles. The van der Waals surface area contributed by atoms with Crippen LogP contribution in [-0.2, 0) is 0 Å². The Balaban J connectivity index is 0. The first-order valence-corrected chi connectivity index (χ1v) is 5.30. The maximum absolute atomic E-state index is 5.65. The van der Waals surface area contributed by atoms with Gasteiger partial charge >= 0.3 is 0 Å². The number of alkyl halides is 1. The molecule has 0 radical (unpaired) electrons. The molecule has 0 bridgehead atoms. The van der Waals surface area contributed by atoms with E-state index < -0.39 is 0 Å². The lowest BCUT2D eigenvalue weighted by molar-refractivity contribution is 0.174. The second-order valence-corrected chi connectivity index (χ2v) is 4.15. The summed E-state index contributed by atoms with van der Waals surface area (Å²) in [6.07, 6.45) is 1.11. The van der Waals surface area contributed by atoms with E-state index in [0.29, 0.717) is 12.1 Å². The minimum atomic E-state index is 0. The van der Waals surface area contributed by atoms with Gasteiger partial charge in [0.2, 0.25) is 0 Å². The van der Waals surface area contributed by atoms with Gasteiger partial charge in [-0.1, -0.05) is 0 Å². The fraction of sp³-hybridized carbons (Fsp3) is 1.00. The van der Waals surface area contributed by atoms with E-state index in [0.717, 1.165) is 18.8 Å². The highest BCUT2D eigenvalue weighted by Crippen LogP contribution is 2.04. The van der Waals surface area contributed by atoms with Gasteiger partial charge in [0.15, 0.2) is 0 Å². The summed E-state index contributed by atoms with van der Waals surface area (Å²) in [5, 5.41) is 3.51. The summed E-state index contributed by atoms with van der Waals surface area (Å²) in [6, 6.07) is 1.26. The third-order valence-electron chi connectivity index (χ3n) is 2.24. The fourth-order valence-corrected chi connectivity index (χ4v) is 2.03. The van der Waals surface area contributed by atoms with E-state index in [9.17, 15) is 0 Å². The van der Waals surface area contributed by atoms with Crippen LogP contribution in [0.25, 0.3) is 0 Å². The number of nitrogens with one attached hydrogen (secondary N) is 1. The number of hydrogen-bond donors (Lipinski definition) is 1.